The van der Waals surface area contributed by atoms with Gasteiger partial charge in [-0.25, -0.2) is 4.79 Å². The Morgan fingerprint density at radius 3 is 2.32 bits per heavy atom. The van der Waals surface area contributed by atoms with Crippen molar-refractivity contribution in [3.8, 4) is 0 Å². The van der Waals surface area contributed by atoms with Gasteiger partial charge in [-0.05, 0) is 19.4 Å². The summed E-state index contributed by atoms with van der Waals surface area (Å²) in [5.74, 6) is -0.212. The van der Waals surface area contributed by atoms with Crippen LogP contribution >= 0.6 is 11.8 Å². The molecule has 1 atom stereocenters. The van der Waals surface area contributed by atoms with E-state index in [0.717, 1.165) is 5.75 Å². The molecule has 0 radical (unpaired) electrons. The molecule has 0 bridgehead atoms. The Morgan fingerprint density at radius 2 is 1.84 bits per heavy atom. The topological polar surface area (TPSA) is 66.4 Å². The molecule has 0 aliphatic rings. The van der Waals surface area contributed by atoms with E-state index in [1.165, 1.54) is 35.4 Å². The number of amides is 1. The third kappa shape index (κ3) is 5.79. The number of nitrogens with one attached hydrogen (secondary N) is 1. The van der Waals surface area contributed by atoms with Gasteiger partial charge in [0.25, 0.3) is 0 Å². The molecule has 2 N–H and O–H groups in total. The highest BCUT2D eigenvalue weighted by Gasteiger charge is 2.17. The summed E-state index contributed by atoms with van der Waals surface area (Å²) in [6, 6.07) is 5.46. The Balaban J connectivity index is 2.51. The van der Waals surface area contributed by atoms with Crippen molar-refractivity contribution in [2.24, 2.45) is 0 Å². The summed E-state index contributed by atoms with van der Waals surface area (Å²) in [5.41, 5.74) is 3.58. The SMILES string of the molecule is CC(=O)NC(CSCc1cc(C)cc(C)c1)C(=O)O. The van der Waals surface area contributed by atoms with E-state index in [9.17, 15) is 9.59 Å². The summed E-state index contributed by atoms with van der Waals surface area (Å²) in [5, 5.41) is 11.4. The lowest BCUT2D eigenvalue weighted by Crippen LogP contribution is -2.41. The predicted octanol–water partition coefficient (Wildman–Crippen LogP) is 2.13. The molecule has 0 heterocycles. The monoisotopic (exact) mass is 281 g/mol. The molecule has 1 aromatic carbocycles. The first-order valence-corrected chi connectivity index (χ1v) is 7.19. The predicted molar refractivity (Wildman–Crippen MR) is 77.3 cm³/mol. The highest BCUT2D eigenvalue weighted by molar-refractivity contribution is 7.98. The van der Waals surface area contributed by atoms with Crippen molar-refractivity contribution in [1.29, 1.82) is 0 Å². The van der Waals surface area contributed by atoms with E-state index >= 15 is 0 Å². The smallest absolute Gasteiger partial charge is 0.327 e. The van der Waals surface area contributed by atoms with Crippen LogP contribution in [-0.2, 0) is 15.3 Å². The normalized spacial score (nSPS) is 11.9. The number of carboxylic acid groups (broad SMARTS) is 1. The number of aliphatic carboxylic acids is 1. The van der Waals surface area contributed by atoms with Crippen LogP contribution in [0.25, 0.3) is 0 Å². The first-order valence-electron chi connectivity index (χ1n) is 6.03. The van der Waals surface area contributed by atoms with Crippen molar-refractivity contribution < 1.29 is 14.7 Å². The van der Waals surface area contributed by atoms with E-state index in [1.807, 2.05) is 13.8 Å². The second-order valence-corrected chi connectivity index (χ2v) is 5.63. The van der Waals surface area contributed by atoms with Crippen molar-refractivity contribution in [3.05, 3.63) is 34.9 Å². The molecule has 0 spiro atoms. The first-order chi connectivity index (χ1) is 8.88. The zero-order valence-corrected chi connectivity index (χ0v) is 12.2. The molecule has 19 heavy (non-hydrogen) atoms. The van der Waals surface area contributed by atoms with Crippen LogP contribution in [0, 0.1) is 13.8 Å². The van der Waals surface area contributed by atoms with Gasteiger partial charge in [-0.3, -0.25) is 4.79 Å². The second kappa shape index (κ2) is 7.19. The van der Waals surface area contributed by atoms with Crippen LogP contribution in [0.1, 0.15) is 23.6 Å². The van der Waals surface area contributed by atoms with Gasteiger partial charge in [-0.2, -0.15) is 11.8 Å². The zero-order valence-electron chi connectivity index (χ0n) is 11.4. The fourth-order valence-corrected chi connectivity index (χ4v) is 2.85. The molecule has 0 fully saturated rings. The maximum absolute atomic E-state index is 11.0. The Hall–Kier alpha value is -1.49. The van der Waals surface area contributed by atoms with Crippen LogP contribution in [-0.4, -0.2) is 28.8 Å². The van der Waals surface area contributed by atoms with Crippen molar-refractivity contribution in [1.82, 2.24) is 5.32 Å². The van der Waals surface area contributed by atoms with Crippen LogP contribution in [0.5, 0.6) is 0 Å². The number of rotatable bonds is 6. The number of thioether (sulfide) groups is 1. The third-order valence-electron chi connectivity index (χ3n) is 2.51. The third-order valence-corrected chi connectivity index (χ3v) is 3.62. The van der Waals surface area contributed by atoms with E-state index in [-0.39, 0.29) is 5.91 Å². The van der Waals surface area contributed by atoms with E-state index in [2.05, 4.69) is 23.5 Å². The minimum atomic E-state index is -0.997. The average Bonchev–Trinajstić information content (AvgIpc) is 2.25. The van der Waals surface area contributed by atoms with Crippen LogP contribution in [0.4, 0.5) is 0 Å². The molecule has 1 aromatic rings. The van der Waals surface area contributed by atoms with E-state index in [4.69, 9.17) is 5.11 Å². The fourth-order valence-electron chi connectivity index (χ4n) is 1.87. The molecule has 0 aliphatic carbocycles. The summed E-state index contributed by atoms with van der Waals surface area (Å²) in [4.78, 5) is 21.9. The molecule has 0 saturated carbocycles. The minimum Gasteiger partial charge on any atom is -0.480 e. The van der Waals surface area contributed by atoms with Crippen LogP contribution < -0.4 is 5.32 Å². The fraction of sp³-hybridized carbons (Fsp3) is 0.429. The molecule has 1 unspecified atom stereocenters. The molecular weight excluding hydrogens is 262 g/mol. The maximum atomic E-state index is 11.0. The van der Waals surface area contributed by atoms with Gasteiger partial charge in [0.15, 0.2) is 0 Å². The molecule has 1 amide bonds. The molecule has 1 rings (SSSR count). The number of hydrogen-bond acceptors (Lipinski definition) is 3. The zero-order chi connectivity index (χ0) is 14.4. The van der Waals surface area contributed by atoms with E-state index < -0.39 is 12.0 Å². The van der Waals surface area contributed by atoms with Gasteiger partial charge in [-0.15, -0.1) is 0 Å². The summed E-state index contributed by atoms with van der Waals surface area (Å²) in [6.07, 6.45) is 0. The summed E-state index contributed by atoms with van der Waals surface area (Å²) in [7, 11) is 0. The number of carboxylic acids is 1. The standard InChI is InChI=1S/C14H19NO3S/c1-9-4-10(2)6-12(5-9)7-19-8-13(14(17)18)15-11(3)16/h4-6,13H,7-8H2,1-3H3,(H,15,16)(H,17,18). The number of aryl methyl sites for hydroxylation is 2. The van der Waals surface area contributed by atoms with Crippen molar-refractivity contribution in [2.45, 2.75) is 32.6 Å². The van der Waals surface area contributed by atoms with Crippen LogP contribution in [0.15, 0.2) is 18.2 Å². The van der Waals surface area contributed by atoms with Gasteiger partial charge in [-0.1, -0.05) is 29.3 Å². The quantitative estimate of drug-likeness (QED) is 0.838. The molecule has 0 saturated heterocycles. The van der Waals surface area contributed by atoms with Crippen molar-refractivity contribution >= 4 is 23.6 Å². The average molecular weight is 281 g/mol. The maximum Gasteiger partial charge on any atom is 0.327 e. The molecule has 5 heteroatoms. The van der Waals surface area contributed by atoms with Crippen LogP contribution in [0.3, 0.4) is 0 Å². The number of carbonyl (C=O) groups is 2. The Morgan fingerprint density at radius 1 is 1.26 bits per heavy atom. The van der Waals surface area contributed by atoms with Gasteiger partial charge in [0, 0.05) is 18.4 Å². The van der Waals surface area contributed by atoms with Crippen molar-refractivity contribution in [3.63, 3.8) is 0 Å². The van der Waals surface area contributed by atoms with Gasteiger partial charge in [0.1, 0.15) is 6.04 Å². The highest BCUT2D eigenvalue weighted by Crippen LogP contribution is 2.16. The van der Waals surface area contributed by atoms with E-state index in [1.54, 1.807) is 0 Å². The number of benzene rings is 1. The number of carbonyl (C=O) groups excluding carboxylic acids is 1. The Bertz CT molecular complexity index is 454. The Labute approximate surface area is 117 Å². The first kappa shape index (κ1) is 15.6. The molecular formula is C14H19NO3S. The van der Waals surface area contributed by atoms with Crippen LogP contribution in [0.2, 0.25) is 0 Å². The van der Waals surface area contributed by atoms with E-state index in [0.29, 0.717) is 5.75 Å². The largest absolute Gasteiger partial charge is 0.480 e. The van der Waals surface area contributed by atoms with Gasteiger partial charge >= 0.3 is 5.97 Å². The van der Waals surface area contributed by atoms with Gasteiger partial charge in [0.05, 0.1) is 0 Å². The minimum absolute atomic E-state index is 0.320. The highest BCUT2D eigenvalue weighted by atomic mass is 32.2. The number of hydrogen-bond donors (Lipinski definition) is 2. The summed E-state index contributed by atoms with van der Waals surface area (Å²) in [6.45, 7) is 5.40. The lowest BCUT2D eigenvalue weighted by Gasteiger charge is -2.13. The van der Waals surface area contributed by atoms with Crippen molar-refractivity contribution in [2.75, 3.05) is 5.75 Å². The molecule has 4 nitrogen and oxygen atoms in total. The Kier molecular flexibility index (Phi) is 5.89. The molecule has 104 valence electrons. The molecule has 0 aromatic heterocycles. The molecule has 0 aliphatic heterocycles. The summed E-state index contributed by atoms with van der Waals surface area (Å²) >= 11 is 1.51. The second-order valence-electron chi connectivity index (χ2n) is 4.60. The van der Waals surface area contributed by atoms with Gasteiger partial charge in [0.2, 0.25) is 5.91 Å². The summed E-state index contributed by atoms with van der Waals surface area (Å²) < 4.78 is 0. The lowest BCUT2D eigenvalue weighted by molar-refractivity contribution is -0.140. The van der Waals surface area contributed by atoms with Gasteiger partial charge < -0.3 is 10.4 Å². The lowest BCUT2D eigenvalue weighted by atomic mass is 10.1.